The van der Waals surface area contributed by atoms with Crippen molar-refractivity contribution in [3.63, 3.8) is 0 Å². The maximum atomic E-state index is 5.06. The van der Waals surface area contributed by atoms with E-state index < -0.39 is 0 Å². The van der Waals surface area contributed by atoms with E-state index in [-0.39, 0.29) is 0 Å². The van der Waals surface area contributed by atoms with Gasteiger partial charge in [0.2, 0.25) is 0 Å². The van der Waals surface area contributed by atoms with Crippen LogP contribution in [-0.4, -0.2) is 9.97 Å². The average molecular weight is 661 g/mol. The normalized spacial score (nSPS) is 11.5. The molecule has 0 bridgehead atoms. The highest BCUT2D eigenvalue weighted by Crippen LogP contribution is 2.49. The fraction of sp³-hybridized carbons (Fsp3) is 0. The molecule has 2 heteroatoms. The van der Waals surface area contributed by atoms with Gasteiger partial charge in [-0.05, 0) is 72.5 Å². The Balaban J connectivity index is 0.966. The molecule has 242 valence electrons. The Kier molecular flexibility index (Phi) is 7.18. The standard InChI is InChI=1S/C50H32N2/c1-3-10-33(11-4-1)34-20-26-38(27-21-34)47-32-48(52-50(51-47)40-12-5-2-6-13-40)39-28-22-36(23-29-39)35-18-24-37(25-19-35)41-30-31-46-43-15-8-7-14-42(43)45-17-9-16-44(41)49(45)46/h1-32H. The molecule has 1 aliphatic rings. The van der Waals surface area contributed by atoms with Gasteiger partial charge in [-0.1, -0.05) is 188 Å². The Hall–Kier alpha value is -6.90. The van der Waals surface area contributed by atoms with E-state index in [0.717, 1.165) is 28.1 Å². The van der Waals surface area contributed by atoms with Crippen molar-refractivity contribution >= 4 is 10.8 Å². The maximum Gasteiger partial charge on any atom is 0.160 e. The highest BCUT2D eigenvalue weighted by molar-refractivity contribution is 6.18. The molecule has 10 rings (SSSR count). The van der Waals surface area contributed by atoms with E-state index in [1.165, 1.54) is 66.4 Å². The molecule has 0 saturated heterocycles. The lowest BCUT2D eigenvalue weighted by Crippen LogP contribution is -1.96. The lowest BCUT2D eigenvalue weighted by Gasteiger charge is -2.12. The second-order valence-corrected chi connectivity index (χ2v) is 13.4. The molecular formula is C50H32N2. The highest BCUT2D eigenvalue weighted by Gasteiger charge is 2.22. The third kappa shape index (κ3) is 5.21. The van der Waals surface area contributed by atoms with Crippen LogP contribution in [0.2, 0.25) is 0 Å². The first-order valence-electron chi connectivity index (χ1n) is 17.7. The molecule has 0 radical (unpaired) electrons. The summed E-state index contributed by atoms with van der Waals surface area (Å²) >= 11 is 0. The van der Waals surface area contributed by atoms with Gasteiger partial charge in [0.1, 0.15) is 0 Å². The molecule has 0 atom stereocenters. The van der Waals surface area contributed by atoms with E-state index in [9.17, 15) is 0 Å². The SMILES string of the molecule is c1ccc(-c2ccc(-c3cc(-c4ccc(-c5ccc(-c6ccc7c8c(cccc68)-c6ccccc6-7)cc5)cc4)nc(-c4ccccc4)n3)cc2)cc1. The molecule has 2 nitrogen and oxygen atoms in total. The Morgan fingerprint density at radius 3 is 1.21 bits per heavy atom. The summed E-state index contributed by atoms with van der Waals surface area (Å²) in [6.45, 7) is 0. The van der Waals surface area contributed by atoms with E-state index in [2.05, 4.69) is 170 Å². The Labute approximate surface area is 303 Å². The minimum absolute atomic E-state index is 0.715. The topological polar surface area (TPSA) is 25.8 Å². The second kappa shape index (κ2) is 12.5. The molecule has 0 N–H and O–H groups in total. The smallest absolute Gasteiger partial charge is 0.160 e. The minimum atomic E-state index is 0.715. The van der Waals surface area contributed by atoms with Crippen LogP contribution in [0, 0.1) is 0 Å². The fourth-order valence-electron chi connectivity index (χ4n) is 7.66. The number of rotatable bonds is 6. The number of hydrogen-bond acceptors (Lipinski definition) is 2. The molecule has 0 spiro atoms. The average Bonchev–Trinajstić information content (AvgIpc) is 3.56. The summed E-state index contributed by atoms with van der Waals surface area (Å²) in [6, 6.07) is 69.1. The van der Waals surface area contributed by atoms with Gasteiger partial charge in [-0.15, -0.1) is 0 Å². The van der Waals surface area contributed by atoms with Gasteiger partial charge in [0.05, 0.1) is 11.4 Å². The third-order valence-electron chi connectivity index (χ3n) is 10.3. The van der Waals surface area contributed by atoms with Crippen molar-refractivity contribution in [3.05, 3.63) is 194 Å². The lowest BCUT2D eigenvalue weighted by molar-refractivity contribution is 1.18. The van der Waals surface area contributed by atoms with Crippen molar-refractivity contribution in [2.45, 2.75) is 0 Å². The number of benzene rings is 8. The van der Waals surface area contributed by atoms with Gasteiger partial charge in [-0.3, -0.25) is 0 Å². The molecule has 9 aromatic rings. The molecule has 8 aromatic carbocycles. The van der Waals surface area contributed by atoms with Gasteiger partial charge in [0, 0.05) is 16.7 Å². The number of hydrogen-bond donors (Lipinski definition) is 0. The Morgan fingerprint density at radius 1 is 0.250 bits per heavy atom. The van der Waals surface area contributed by atoms with Crippen LogP contribution in [0.3, 0.4) is 0 Å². The molecule has 0 saturated carbocycles. The number of fused-ring (bicyclic) bond motifs is 3. The van der Waals surface area contributed by atoms with Gasteiger partial charge in [-0.25, -0.2) is 9.97 Å². The van der Waals surface area contributed by atoms with Gasteiger partial charge in [0.25, 0.3) is 0 Å². The van der Waals surface area contributed by atoms with Gasteiger partial charge in [-0.2, -0.15) is 0 Å². The monoisotopic (exact) mass is 660 g/mol. The molecule has 0 unspecified atom stereocenters. The number of aromatic nitrogens is 2. The molecule has 0 amide bonds. The Bertz CT molecular complexity index is 2700. The van der Waals surface area contributed by atoms with Crippen molar-refractivity contribution in [2.75, 3.05) is 0 Å². The molecule has 1 aliphatic carbocycles. The zero-order valence-corrected chi connectivity index (χ0v) is 28.4. The van der Waals surface area contributed by atoms with Crippen molar-refractivity contribution in [2.24, 2.45) is 0 Å². The zero-order valence-electron chi connectivity index (χ0n) is 28.4. The summed E-state index contributed by atoms with van der Waals surface area (Å²) in [5, 5.41) is 2.66. The summed E-state index contributed by atoms with van der Waals surface area (Å²) < 4.78 is 0. The van der Waals surface area contributed by atoms with Crippen LogP contribution >= 0.6 is 0 Å². The van der Waals surface area contributed by atoms with E-state index in [1.807, 2.05) is 24.3 Å². The maximum absolute atomic E-state index is 5.06. The predicted molar refractivity (Wildman–Crippen MR) is 217 cm³/mol. The minimum Gasteiger partial charge on any atom is -0.228 e. The van der Waals surface area contributed by atoms with Crippen LogP contribution in [0.15, 0.2) is 194 Å². The molecule has 1 aromatic heterocycles. The predicted octanol–water partition coefficient (Wildman–Crippen LogP) is 13.3. The first kappa shape index (κ1) is 30.0. The van der Waals surface area contributed by atoms with Crippen molar-refractivity contribution < 1.29 is 0 Å². The van der Waals surface area contributed by atoms with Gasteiger partial charge in [0.15, 0.2) is 5.82 Å². The summed E-state index contributed by atoms with van der Waals surface area (Å²) in [5.41, 5.74) is 17.4. The van der Waals surface area contributed by atoms with Crippen LogP contribution in [0.25, 0.3) is 100 Å². The van der Waals surface area contributed by atoms with Crippen LogP contribution in [0.4, 0.5) is 0 Å². The summed E-state index contributed by atoms with van der Waals surface area (Å²) in [4.78, 5) is 10.1. The van der Waals surface area contributed by atoms with E-state index in [4.69, 9.17) is 9.97 Å². The van der Waals surface area contributed by atoms with Crippen LogP contribution in [-0.2, 0) is 0 Å². The van der Waals surface area contributed by atoms with E-state index in [1.54, 1.807) is 0 Å². The van der Waals surface area contributed by atoms with Crippen molar-refractivity contribution in [1.82, 2.24) is 9.97 Å². The third-order valence-corrected chi connectivity index (χ3v) is 10.3. The quantitative estimate of drug-likeness (QED) is 0.177. The summed E-state index contributed by atoms with van der Waals surface area (Å²) in [6.07, 6.45) is 0. The highest BCUT2D eigenvalue weighted by atomic mass is 14.9. The number of nitrogens with zero attached hydrogens (tertiary/aromatic N) is 2. The molecular weight excluding hydrogens is 629 g/mol. The molecule has 1 heterocycles. The van der Waals surface area contributed by atoms with E-state index >= 15 is 0 Å². The second-order valence-electron chi connectivity index (χ2n) is 13.4. The molecule has 52 heavy (non-hydrogen) atoms. The Morgan fingerprint density at radius 2 is 0.654 bits per heavy atom. The molecule has 0 aliphatic heterocycles. The van der Waals surface area contributed by atoms with Gasteiger partial charge >= 0.3 is 0 Å². The van der Waals surface area contributed by atoms with Crippen LogP contribution < -0.4 is 0 Å². The van der Waals surface area contributed by atoms with Crippen molar-refractivity contribution in [1.29, 1.82) is 0 Å². The van der Waals surface area contributed by atoms with Gasteiger partial charge < -0.3 is 0 Å². The van der Waals surface area contributed by atoms with E-state index in [0.29, 0.717) is 5.82 Å². The lowest BCUT2D eigenvalue weighted by atomic mass is 9.93. The fourth-order valence-corrected chi connectivity index (χ4v) is 7.66. The first-order chi connectivity index (χ1) is 25.8. The molecule has 0 fully saturated rings. The summed E-state index contributed by atoms with van der Waals surface area (Å²) in [7, 11) is 0. The zero-order chi connectivity index (χ0) is 34.4. The largest absolute Gasteiger partial charge is 0.228 e. The van der Waals surface area contributed by atoms with Crippen LogP contribution in [0.5, 0.6) is 0 Å². The van der Waals surface area contributed by atoms with Crippen molar-refractivity contribution in [3.8, 4) is 89.5 Å². The van der Waals surface area contributed by atoms with Crippen LogP contribution in [0.1, 0.15) is 0 Å². The first-order valence-corrected chi connectivity index (χ1v) is 17.7. The summed E-state index contributed by atoms with van der Waals surface area (Å²) in [5.74, 6) is 0.715.